The van der Waals surface area contributed by atoms with E-state index in [4.69, 9.17) is 4.74 Å². The number of hydrogen-bond acceptors (Lipinski definition) is 3. The lowest BCUT2D eigenvalue weighted by molar-refractivity contribution is -0.0790. The van der Waals surface area contributed by atoms with Crippen molar-refractivity contribution in [2.24, 2.45) is 11.8 Å². The number of rotatable bonds is 6. The summed E-state index contributed by atoms with van der Waals surface area (Å²) in [6, 6.07) is 0. The van der Waals surface area contributed by atoms with Crippen LogP contribution in [0.25, 0.3) is 0 Å². The van der Waals surface area contributed by atoms with E-state index in [0.717, 1.165) is 31.2 Å². The van der Waals surface area contributed by atoms with E-state index in [1.807, 2.05) is 13.8 Å². The summed E-state index contributed by atoms with van der Waals surface area (Å²) in [4.78, 5) is 0. The van der Waals surface area contributed by atoms with Crippen molar-refractivity contribution < 1.29 is 9.84 Å². The van der Waals surface area contributed by atoms with Crippen LogP contribution in [0.1, 0.15) is 47.0 Å². The highest BCUT2D eigenvalue weighted by molar-refractivity contribution is 4.79. The van der Waals surface area contributed by atoms with Crippen LogP contribution < -0.4 is 5.32 Å². The molecule has 1 saturated carbocycles. The molecule has 1 aliphatic carbocycles. The third kappa shape index (κ3) is 5.36. The van der Waals surface area contributed by atoms with E-state index in [9.17, 15) is 5.11 Å². The van der Waals surface area contributed by atoms with E-state index in [1.54, 1.807) is 0 Å². The second-order valence-corrected chi connectivity index (χ2v) is 5.98. The Morgan fingerprint density at radius 3 is 2.59 bits per heavy atom. The molecule has 4 unspecified atom stereocenters. The van der Waals surface area contributed by atoms with Crippen LogP contribution in [0.2, 0.25) is 0 Å². The van der Waals surface area contributed by atoms with Crippen LogP contribution in [-0.4, -0.2) is 36.5 Å². The van der Waals surface area contributed by atoms with Crippen molar-refractivity contribution in [2.45, 2.75) is 58.7 Å². The maximum atomic E-state index is 10.1. The summed E-state index contributed by atoms with van der Waals surface area (Å²) >= 11 is 0. The molecule has 0 aromatic carbocycles. The summed E-state index contributed by atoms with van der Waals surface area (Å²) in [5, 5.41) is 13.3. The minimum atomic E-state index is -0.748. The lowest BCUT2D eigenvalue weighted by Gasteiger charge is -2.34. The van der Waals surface area contributed by atoms with Crippen LogP contribution in [-0.2, 0) is 4.74 Å². The standard InChI is InChI=1S/C14H29NO2/c1-5-15-9-14(4,16)10-17-13-7-6-11(2)12(3)8-13/h11-13,15-16H,5-10H2,1-4H3. The fraction of sp³-hybridized carbons (Fsp3) is 1.00. The Kier molecular flexibility index (Phi) is 5.90. The van der Waals surface area contributed by atoms with Gasteiger partial charge in [-0.2, -0.15) is 0 Å². The second kappa shape index (κ2) is 6.72. The first-order chi connectivity index (χ1) is 7.94. The molecule has 1 aliphatic rings. The molecule has 0 amide bonds. The average Bonchev–Trinajstić information content (AvgIpc) is 2.28. The van der Waals surface area contributed by atoms with Gasteiger partial charge >= 0.3 is 0 Å². The smallest absolute Gasteiger partial charge is 0.0975 e. The fourth-order valence-electron chi connectivity index (χ4n) is 2.39. The van der Waals surface area contributed by atoms with Crippen molar-refractivity contribution >= 4 is 0 Å². The van der Waals surface area contributed by atoms with Gasteiger partial charge in [-0.05, 0) is 44.6 Å². The Hall–Kier alpha value is -0.120. The minimum absolute atomic E-state index is 0.342. The molecule has 1 rings (SSSR count). The monoisotopic (exact) mass is 243 g/mol. The van der Waals surface area contributed by atoms with Gasteiger partial charge in [0.25, 0.3) is 0 Å². The molecular formula is C14H29NO2. The first-order valence-electron chi connectivity index (χ1n) is 6.99. The Labute approximate surface area is 106 Å². The quantitative estimate of drug-likeness (QED) is 0.751. The Balaban J connectivity index is 2.26. The normalized spacial score (nSPS) is 33.4. The summed E-state index contributed by atoms with van der Waals surface area (Å²) in [6.07, 6.45) is 3.87. The van der Waals surface area contributed by atoms with Crippen molar-refractivity contribution in [1.29, 1.82) is 0 Å². The van der Waals surface area contributed by atoms with Crippen molar-refractivity contribution in [2.75, 3.05) is 19.7 Å². The molecule has 0 spiro atoms. The minimum Gasteiger partial charge on any atom is -0.386 e. The third-order valence-electron chi connectivity index (χ3n) is 3.94. The molecule has 0 aliphatic heterocycles. The lowest BCUT2D eigenvalue weighted by Crippen LogP contribution is -2.43. The van der Waals surface area contributed by atoms with Gasteiger partial charge in [-0.15, -0.1) is 0 Å². The molecule has 0 aromatic heterocycles. The van der Waals surface area contributed by atoms with Gasteiger partial charge in [0.2, 0.25) is 0 Å². The van der Waals surface area contributed by atoms with Crippen LogP contribution in [0, 0.1) is 11.8 Å². The highest BCUT2D eigenvalue weighted by Crippen LogP contribution is 2.31. The van der Waals surface area contributed by atoms with E-state index in [0.29, 0.717) is 19.3 Å². The summed E-state index contributed by atoms with van der Waals surface area (Å²) in [5.41, 5.74) is -0.748. The van der Waals surface area contributed by atoms with Crippen molar-refractivity contribution in [3.05, 3.63) is 0 Å². The van der Waals surface area contributed by atoms with Crippen molar-refractivity contribution in [3.63, 3.8) is 0 Å². The van der Waals surface area contributed by atoms with Gasteiger partial charge < -0.3 is 15.2 Å². The molecule has 17 heavy (non-hydrogen) atoms. The van der Waals surface area contributed by atoms with Gasteiger partial charge in [-0.1, -0.05) is 20.8 Å². The zero-order chi connectivity index (χ0) is 12.9. The maximum Gasteiger partial charge on any atom is 0.0975 e. The first kappa shape index (κ1) is 14.9. The number of aliphatic hydroxyl groups is 1. The molecule has 4 atom stereocenters. The summed E-state index contributed by atoms with van der Waals surface area (Å²) in [6.45, 7) is 10.4. The number of hydrogen-bond donors (Lipinski definition) is 2. The van der Waals surface area contributed by atoms with E-state index in [-0.39, 0.29) is 0 Å². The van der Waals surface area contributed by atoms with E-state index in [2.05, 4.69) is 19.2 Å². The molecule has 0 bridgehead atoms. The summed E-state index contributed by atoms with van der Waals surface area (Å²) in [5.74, 6) is 1.56. The Bertz CT molecular complexity index is 218. The van der Waals surface area contributed by atoms with Gasteiger partial charge in [0, 0.05) is 6.54 Å². The van der Waals surface area contributed by atoms with Gasteiger partial charge in [0.1, 0.15) is 0 Å². The van der Waals surface area contributed by atoms with Crippen molar-refractivity contribution in [1.82, 2.24) is 5.32 Å². The molecule has 0 saturated heterocycles. The van der Waals surface area contributed by atoms with Gasteiger partial charge in [-0.3, -0.25) is 0 Å². The molecule has 0 heterocycles. The molecular weight excluding hydrogens is 214 g/mol. The SMILES string of the molecule is CCNCC(C)(O)COC1CCC(C)C(C)C1. The van der Waals surface area contributed by atoms with E-state index >= 15 is 0 Å². The molecule has 102 valence electrons. The lowest BCUT2D eigenvalue weighted by atomic mass is 9.80. The zero-order valence-electron chi connectivity index (χ0n) is 11.8. The van der Waals surface area contributed by atoms with Crippen molar-refractivity contribution in [3.8, 4) is 0 Å². The highest BCUT2D eigenvalue weighted by atomic mass is 16.5. The fourth-order valence-corrected chi connectivity index (χ4v) is 2.39. The number of ether oxygens (including phenoxy) is 1. The molecule has 0 aromatic rings. The summed E-state index contributed by atoms with van der Waals surface area (Å²) < 4.78 is 5.87. The predicted molar refractivity (Wildman–Crippen MR) is 71.1 cm³/mol. The van der Waals surface area contributed by atoms with Gasteiger partial charge in [0.05, 0.1) is 18.3 Å². The van der Waals surface area contributed by atoms with Crippen LogP contribution in [0.3, 0.4) is 0 Å². The van der Waals surface area contributed by atoms with Crippen LogP contribution >= 0.6 is 0 Å². The number of likely N-dealkylation sites (N-methyl/N-ethyl adjacent to an activating group) is 1. The third-order valence-corrected chi connectivity index (χ3v) is 3.94. The van der Waals surface area contributed by atoms with Crippen LogP contribution in [0.15, 0.2) is 0 Å². The zero-order valence-corrected chi connectivity index (χ0v) is 11.8. The van der Waals surface area contributed by atoms with Crippen LogP contribution in [0.5, 0.6) is 0 Å². The van der Waals surface area contributed by atoms with E-state index < -0.39 is 5.60 Å². The molecule has 0 radical (unpaired) electrons. The van der Waals surface area contributed by atoms with Crippen LogP contribution in [0.4, 0.5) is 0 Å². The van der Waals surface area contributed by atoms with E-state index in [1.165, 1.54) is 6.42 Å². The largest absolute Gasteiger partial charge is 0.386 e. The molecule has 3 heteroatoms. The van der Waals surface area contributed by atoms with Gasteiger partial charge in [-0.25, -0.2) is 0 Å². The number of nitrogens with one attached hydrogen (secondary N) is 1. The average molecular weight is 243 g/mol. The Morgan fingerprint density at radius 1 is 1.29 bits per heavy atom. The molecule has 1 fully saturated rings. The van der Waals surface area contributed by atoms with Gasteiger partial charge in [0.15, 0.2) is 0 Å². The Morgan fingerprint density at radius 2 is 2.00 bits per heavy atom. The second-order valence-electron chi connectivity index (χ2n) is 5.98. The predicted octanol–water partition coefficient (Wildman–Crippen LogP) is 2.19. The molecule has 2 N–H and O–H groups in total. The first-order valence-corrected chi connectivity index (χ1v) is 6.99. The highest BCUT2D eigenvalue weighted by Gasteiger charge is 2.27. The molecule has 3 nitrogen and oxygen atoms in total. The maximum absolute atomic E-state index is 10.1. The summed E-state index contributed by atoms with van der Waals surface area (Å²) in [7, 11) is 0. The topological polar surface area (TPSA) is 41.5 Å².